The first-order valence-corrected chi connectivity index (χ1v) is 41.4. The van der Waals surface area contributed by atoms with Crippen molar-refractivity contribution >= 4 is 39.5 Å². The quantitative estimate of drug-likeness (QED) is 0.0169. The molecule has 0 fully saturated rings. The van der Waals surface area contributed by atoms with Crippen molar-refractivity contribution in [3.8, 4) is 0 Å². The molecule has 2 unspecified atom stereocenters. The third kappa shape index (κ3) is 68.1. The SMILES string of the molecule is CCCCCC/C=C\C=C/CCCCCCCC(=O)OC[C@H](COP(=O)(O)OC[C@@H](O)COP(=O)(O)OC[C@@H](COC(=O)CCCCCCCCCCCC)OC(=O)CCCCCCCCCCC(C)C)OC(=O)CCCCCCCCCCCCCCCCCCCC. The Morgan fingerprint density at radius 2 is 0.574 bits per heavy atom. The summed E-state index contributed by atoms with van der Waals surface area (Å²) in [7, 11) is -9.92. The fourth-order valence-corrected chi connectivity index (χ4v) is 12.6. The number of allylic oxidation sites excluding steroid dienone is 4. The van der Waals surface area contributed by atoms with Crippen LogP contribution in [0.4, 0.5) is 0 Å². The van der Waals surface area contributed by atoms with Crippen LogP contribution >= 0.6 is 15.6 Å². The first kappa shape index (κ1) is 91.5. The maximum absolute atomic E-state index is 13.1. The summed E-state index contributed by atoms with van der Waals surface area (Å²) in [5.41, 5.74) is 0. The van der Waals surface area contributed by atoms with Gasteiger partial charge in [-0.3, -0.25) is 37.3 Å². The molecule has 3 N–H and O–H groups in total. The maximum atomic E-state index is 13.1. The van der Waals surface area contributed by atoms with Gasteiger partial charge < -0.3 is 33.8 Å². The van der Waals surface area contributed by atoms with Gasteiger partial charge in [0, 0.05) is 25.7 Å². The van der Waals surface area contributed by atoms with Gasteiger partial charge in [0.2, 0.25) is 0 Å². The van der Waals surface area contributed by atoms with Crippen LogP contribution in [0.2, 0.25) is 0 Å². The van der Waals surface area contributed by atoms with Gasteiger partial charge in [0.05, 0.1) is 26.4 Å². The van der Waals surface area contributed by atoms with Crippen LogP contribution in [0.3, 0.4) is 0 Å². The third-order valence-corrected chi connectivity index (χ3v) is 18.8. The van der Waals surface area contributed by atoms with E-state index in [1.165, 1.54) is 173 Å². The first-order valence-electron chi connectivity index (χ1n) is 38.5. The van der Waals surface area contributed by atoms with Gasteiger partial charge in [-0.1, -0.05) is 316 Å². The molecule has 0 saturated carbocycles. The molecule has 17 nitrogen and oxygen atoms in total. The molecule has 0 bridgehead atoms. The number of hydrogen-bond acceptors (Lipinski definition) is 15. The summed E-state index contributed by atoms with van der Waals surface area (Å²) in [5.74, 6) is -1.43. The van der Waals surface area contributed by atoms with Crippen LogP contribution in [0.1, 0.15) is 369 Å². The van der Waals surface area contributed by atoms with Gasteiger partial charge in [-0.15, -0.1) is 0 Å². The Labute approximate surface area is 573 Å². The van der Waals surface area contributed by atoms with E-state index in [0.29, 0.717) is 25.7 Å². The second-order valence-electron chi connectivity index (χ2n) is 26.8. The van der Waals surface area contributed by atoms with E-state index in [2.05, 4.69) is 58.9 Å². The first-order chi connectivity index (χ1) is 45.5. The number of ether oxygens (including phenoxy) is 4. The topological polar surface area (TPSA) is 237 Å². The van der Waals surface area contributed by atoms with Crippen LogP contribution < -0.4 is 0 Å². The van der Waals surface area contributed by atoms with Gasteiger partial charge in [-0.05, 0) is 57.3 Å². The lowest BCUT2D eigenvalue weighted by molar-refractivity contribution is -0.161. The van der Waals surface area contributed by atoms with Crippen LogP contribution in [0, 0.1) is 5.92 Å². The smallest absolute Gasteiger partial charge is 0.462 e. The van der Waals surface area contributed by atoms with Crippen LogP contribution in [0.15, 0.2) is 24.3 Å². The molecule has 0 aliphatic rings. The Bertz CT molecular complexity index is 1900. The molecule has 5 atom stereocenters. The van der Waals surface area contributed by atoms with Crippen LogP contribution in [-0.4, -0.2) is 96.7 Å². The highest BCUT2D eigenvalue weighted by Crippen LogP contribution is 2.45. The normalized spacial score (nSPS) is 14.1. The predicted octanol–water partition coefficient (Wildman–Crippen LogP) is 21.6. The number of esters is 4. The van der Waals surface area contributed by atoms with Gasteiger partial charge >= 0.3 is 39.5 Å². The zero-order valence-electron chi connectivity index (χ0n) is 60.6. The highest BCUT2D eigenvalue weighted by Gasteiger charge is 2.30. The standard InChI is InChI=1S/C75H142O17P2/c1-6-9-12-15-18-21-24-26-28-29-30-32-34-36-39-45-50-55-60-74(79)91-70(64-86-73(78)59-54-49-44-38-35-33-31-27-25-22-19-16-13-10-7-2)66-89-93(81,82)87-62-69(76)63-88-94(83,84)90-67-71(65-85-72(77)58-53-48-43-37-23-20-17-14-11-8-3)92-75(80)61-56-51-46-41-40-42-47-52-57-68(4)5/h22,25,27,31,68-71,76H,6-21,23-24,26,28-30,32-67H2,1-5H3,(H,81,82)(H,83,84)/b25-22-,31-27-/t69-,70-,71-/m1/s1. The fraction of sp³-hybridized carbons (Fsp3) is 0.893. The molecule has 0 rings (SSSR count). The van der Waals surface area contributed by atoms with Crippen LogP contribution in [0.25, 0.3) is 0 Å². The minimum Gasteiger partial charge on any atom is -0.462 e. The van der Waals surface area contributed by atoms with Crippen molar-refractivity contribution in [3.63, 3.8) is 0 Å². The number of rotatable bonds is 73. The van der Waals surface area contributed by atoms with Crippen molar-refractivity contribution < 1.29 is 80.2 Å². The zero-order chi connectivity index (χ0) is 69.1. The average Bonchev–Trinajstić information content (AvgIpc) is 2.10. The monoisotopic (exact) mass is 1380 g/mol. The summed E-state index contributed by atoms with van der Waals surface area (Å²) in [6.45, 7) is 7.17. The molecular weight excluding hydrogens is 1230 g/mol. The Balaban J connectivity index is 5.26. The summed E-state index contributed by atoms with van der Waals surface area (Å²) in [6, 6.07) is 0. The molecule has 94 heavy (non-hydrogen) atoms. The molecule has 0 spiro atoms. The molecule has 0 heterocycles. The molecule has 0 saturated heterocycles. The van der Waals surface area contributed by atoms with Crippen molar-refractivity contribution in [3.05, 3.63) is 24.3 Å². The molecule has 554 valence electrons. The molecule has 0 aliphatic carbocycles. The predicted molar refractivity (Wildman–Crippen MR) is 381 cm³/mol. The van der Waals surface area contributed by atoms with Gasteiger partial charge in [0.15, 0.2) is 12.2 Å². The molecule has 0 aromatic heterocycles. The Morgan fingerprint density at radius 3 is 0.872 bits per heavy atom. The summed E-state index contributed by atoms with van der Waals surface area (Å²) < 4.78 is 68.4. The summed E-state index contributed by atoms with van der Waals surface area (Å²) in [6.07, 6.45) is 59.1. The minimum atomic E-state index is -4.96. The lowest BCUT2D eigenvalue weighted by Crippen LogP contribution is -2.30. The molecule has 0 amide bonds. The van der Waals surface area contributed by atoms with E-state index < -0.39 is 97.5 Å². The van der Waals surface area contributed by atoms with Crippen molar-refractivity contribution in [2.24, 2.45) is 5.92 Å². The van der Waals surface area contributed by atoms with E-state index >= 15 is 0 Å². The minimum absolute atomic E-state index is 0.102. The van der Waals surface area contributed by atoms with E-state index in [1.54, 1.807) is 0 Å². The number of unbranched alkanes of at least 4 members (excludes halogenated alkanes) is 42. The number of hydrogen-bond donors (Lipinski definition) is 3. The lowest BCUT2D eigenvalue weighted by atomic mass is 10.0. The summed E-state index contributed by atoms with van der Waals surface area (Å²) >= 11 is 0. The molecule has 19 heteroatoms. The zero-order valence-corrected chi connectivity index (χ0v) is 62.4. The van der Waals surface area contributed by atoms with Crippen molar-refractivity contribution in [2.45, 2.75) is 387 Å². The molecule has 0 aromatic carbocycles. The van der Waals surface area contributed by atoms with Gasteiger partial charge in [0.1, 0.15) is 19.3 Å². The molecule has 0 radical (unpaired) electrons. The van der Waals surface area contributed by atoms with Crippen LogP contribution in [-0.2, 0) is 65.4 Å². The number of carbonyl (C=O) groups excluding carboxylic acids is 4. The number of phosphoric acid groups is 2. The Kier molecular flexibility index (Phi) is 65.9. The van der Waals surface area contributed by atoms with Crippen molar-refractivity contribution in [1.82, 2.24) is 0 Å². The van der Waals surface area contributed by atoms with E-state index in [-0.39, 0.29) is 25.7 Å². The molecular formula is C75H142O17P2. The van der Waals surface area contributed by atoms with Crippen molar-refractivity contribution in [1.29, 1.82) is 0 Å². The highest BCUT2D eigenvalue weighted by atomic mass is 31.2. The average molecular weight is 1380 g/mol. The van der Waals surface area contributed by atoms with E-state index in [0.717, 1.165) is 115 Å². The second-order valence-corrected chi connectivity index (χ2v) is 29.7. The highest BCUT2D eigenvalue weighted by molar-refractivity contribution is 7.47. The van der Waals surface area contributed by atoms with E-state index in [9.17, 15) is 43.2 Å². The Morgan fingerprint density at radius 1 is 0.330 bits per heavy atom. The van der Waals surface area contributed by atoms with Gasteiger partial charge in [-0.25, -0.2) is 9.13 Å². The van der Waals surface area contributed by atoms with E-state index in [4.69, 9.17) is 37.0 Å². The van der Waals surface area contributed by atoms with Crippen LogP contribution in [0.5, 0.6) is 0 Å². The second kappa shape index (κ2) is 67.7. The lowest BCUT2D eigenvalue weighted by Gasteiger charge is -2.21. The number of aliphatic hydroxyl groups is 1. The third-order valence-electron chi connectivity index (χ3n) is 16.9. The molecule has 0 aromatic rings. The number of aliphatic hydroxyl groups excluding tert-OH is 1. The maximum Gasteiger partial charge on any atom is 0.472 e. The van der Waals surface area contributed by atoms with Gasteiger partial charge in [-0.2, -0.15) is 0 Å². The largest absolute Gasteiger partial charge is 0.472 e. The Hall–Kier alpha value is -2.46. The fourth-order valence-electron chi connectivity index (χ4n) is 11.0. The van der Waals surface area contributed by atoms with Gasteiger partial charge in [0.25, 0.3) is 0 Å². The summed E-state index contributed by atoms with van der Waals surface area (Å²) in [4.78, 5) is 72.7. The number of carbonyl (C=O) groups is 4. The van der Waals surface area contributed by atoms with Crippen molar-refractivity contribution in [2.75, 3.05) is 39.6 Å². The van der Waals surface area contributed by atoms with E-state index in [1.807, 2.05) is 0 Å². The molecule has 0 aliphatic heterocycles. The number of phosphoric ester groups is 2. The summed E-state index contributed by atoms with van der Waals surface area (Å²) in [5, 5.41) is 10.6.